The third kappa shape index (κ3) is 9.47. The summed E-state index contributed by atoms with van der Waals surface area (Å²) in [4.78, 5) is 54.2. The Morgan fingerprint density at radius 1 is 0.885 bits per heavy atom. The van der Waals surface area contributed by atoms with Gasteiger partial charge < -0.3 is 30.5 Å². The van der Waals surface area contributed by atoms with E-state index in [1.54, 1.807) is 61.5 Å². The molecule has 0 aliphatic rings. The molecule has 1 heterocycles. The summed E-state index contributed by atoms with van der Waals surface area (Å²) in [6.45, 7) is 3.82. The number of methoxy groups -OCH3 is 1. The van der Waals surface area contributed by atoms with E-state index in [1.165, 1.54) is 48.4 Å². The van der Waals surface area contributed by atoms with Gasteiger partial charge in [-0.05, 0) is 67.4 Å². The molecule has 10 nitrogen and oxygen atoms in total. The SMILES string of the molecule is CCOC(=O)c1c(-c2ccccc2)csc1NC(=O)C(CC)Sc1cccc(NC(=O)/C(=C\c2ccc(O)cc2OC)NC(=O)c2ccccc2)c1. The van der Waals surface area contributed by atoms with E-state index < -0.39 is 23.0 Å². The maximum Gasteiger partial charge on any atom is 0.341 e. The van der Waals surface area contributed by atoms with Crippen molar-refractivity contribution in [1.82, 2.24) is 5.32 Å². The number of rotatable bonds is 14. The molecule has 5 rings (SSSR count). The van der Waals surface area contributed by atoms with E-state index in [0.29, 0.717) is 50.0 Å². The smallest absolute Gasteiger partial charge is 0.341 e. The molecule has 1 unspecified atom stereocenters. The van der Waals surface area contributed by atoms with Crippen LogP contribution in [0.2, 0.25) is 0 Å². The van der Waals surface area contributed by atoms with Crippen molar-refractivity contribution in [3.63, 3.8) is 0 Å². The highest BCUT2D eigenvalue weighted by atomic mass is 32.2. The highest BCUT2D eigenvalue weighted by Gasteiger charge is 2.26. The van der Waals surface area contributed by atoms with Crippen LogP contribution >= 0.6 is 23.1 Å². The summed E-state index contributed by atoms with van der Waals surface area (Å²) in [6, 6.07) is 29.3. The number of phenolic OH excluding ortho intramolecular Hbond substituents is 1. The minimum atomic E-state index is -0.607. The summed E-state index contributed by atoms with van der Waals surface area (Å²) in [6.07, 6.45) is 1.94. The van der Waals surface area contributed by atoms with Crippen LogP contribution in [-0.4, -0.2) is 47.8 Å². The minimum Gasteiger partial charge on any atom is -0.508 e. The molecule has 3 amide bonds. The summed E-state index contributed by atoms with van der Waals surface area (Å²) in [5.41, 5.74) is 3.00. The molecule has 0 radical (unpaired) electrons. The number of phenols is 1. The Morgan fingerprint density at radius 3 is 2.31 bits per heavy atom. The largest absolute Gasteiger partial charge is 0.508 e. The number of hydrogen-bond donors (Lipinski definition) is 4. The maximum absolute atomic E-state index is 13.7. The van der Waals surface area contributed by atoms with Gasteiger partial charge in [0.05, 0.1) is 19.0 Å². The van der Waals surface area contributed by atoms with Gasteiger partial charge in [0, 0.05) is 38.7 Å². The second-order valence-electron chi connectivity index (χ2n) is 11.2. The molecule has 0 fully saturated rings. The first kappa shape index (κ1) is 37.4. The molecule has 52 heavy (non-hydrogen) atoms. The number of ether oxygens (including phenoxy) is 2. The van der Waals surface area contributed by atoms with Gasteiger partial charge in [-0.2, -0.15) is 0 Å². The number of aromatic hydroxyl groups is 1. The zero-order chi connectivity index (χ0) is 37.0. The highest BCUT2D eigenvalue weighted by Crippen LogP contribution is 2.37. The number of nitrogens with one attached hydrogen (secondary N) is 3. The van der Waals surface area contributed by atoms with Crippen LogP contribution in [0.1, 0.15) is 46.5 Å². The number of anilines is 2. The Morgan fingerprint density at radius 2 is 1.62 bits per heavy atom. The van der Waals surface area contributed by atoms with E-state index in [-0.39, 0.29) is 24.0 Å². The molecule has 0 bridgehead atoms. The number of thioether (sulfide) groups is 1. The fourth-order valence-electron chi connectivity index (χ4n) is 5.13. The molecule has 0 saturated heterocycles. The molecule has 1 atom stereocenters. The molecule has 0 spiro atoms. The van der Waals surface area contributed by atoms with Crippen molar-refractivity contribution in [1.29, 1.82) is 0 Å². The lowest BCUT2D eigenvalue weighted by molar-refractivity contribution is -0.116. The predicted octanol–water partition coefficient (Wildman–Crippen LogP) is 8.23. The van der Waals surface area contributed by atoms with Gasteiger partial charge in [-0.3, -0.25) is 14.4 Å². The van der Waals surface area contributed by atoms with E-state index in [2.05, 4.69) is 16.0 Å². The van der Waals surface area contributed by atoms with E-state index in [4.69, 9.17) is 9.47 Å². The predicted molar refractivity (Wildman–Crippen MR) is 206 cm³/mol. The number of hydrogen-bond acceptors (Lipinski definition) is 9. The summed E-state index contributed by atoms with van der Waals surface area (Å²) in [5, 5.41) is 20.1. The first-order valence-electron chi connectivity index (χ1n) is 16.4. The van der Waals surface area contributed by atoms with Gasteiger partial charge in [-0.15, -0.1) is 23.1 Å². The molecule has 4 N–H and O–H groups in total. The standard InChI is InChI=1S/C40H37N3O7S2/c1-4-34(38(47)43-39-35(40(48)50-5-2)31(24-51-39)25-13-8-6-9-14-25)52-30-18-12-17-28(22-30)41-37(46)32(42-36(45)26-15-10-7-11-16-26)21-27-19-20-29(44)23-33(27)49-3/h6-24,34,44H,4-5H2,1-3H3,(H,41,46)(H,42,45)(H,43,47)/b32-21+. The van der Waals surface area contributed by atoms with Crippen molar-refractivity contribution in [2.75, 3.05) is 24.4 Å². The summed E-state index contributed by atoms with van der Waals surface area (Å²) >= 11 is 2.57. The first-order valence-corrected chi connectivity index (χ1v) is 18.1. The van der Waals surface area contributed by atoms with Gasteiger partial charge in [0.1, 0.15) is 27.8 Å². The normalized spacial score (nSPS) is 11.6. The van der Waals surface area contributed by atoms with Crippen molar-refractivity contribution in [3.8, 4) is 22.6 Å². The minimum absolute atomic E-state index is 0.0199. The number of carbonyl (C=O) groups is 4. The molecule has 0 saturated carbocycles. The van der Waals surface area contributed by atoms with Crippen LogP contribution in [0.4, 0.5) is 10.7 Å². The van der Waals surface area contributed by atoms with Gasteiger partial charge in [-0.25, -0.2) is 4.79 Å². The maximum atomic E-state index is 13.7. The van der Waals surface area contributed by atoms with Crippen molar-refractivity contribution in [3.05, 3.63) is 131 Å². The average Bonchev–Trinajstić information content (AvgIpc) is 3.58. The summed E-state index contributed by atoms with van der Waals surface area (Å²) in [7, 11) is 1.43. The van der Waals surface area contributed by atoms with Crippen LogP contribution in [0.5, 0.6) is 11.5 Å². The van der Waals surface area contributed by atoms with Gasteiger partial charge in [-0.1, -0.05) is 61.5 Å². The van der Waals surface area contributed by atoms with E-state index in [9.17, 15) is 24.3 Å². The van der Waals surface area contributed by atoms with E-state index >= 15 is 0 Å². The first-order chi connectivity index (χ1) is 25.2. The van der Waals surface area contributed by atoms with Crippen LogP contribution in [0, 0.1) is 0 Å². The monoisotopic (exact) mass is 735 g/mol. The molecule has 266 valence electrons. The number of carbonyl (C=O) groups excluding carboxylic acids is 4. The molecule has 1 aromatic heterocycles. The average molecular weight is 736 g/mol. The number of benzene rings is 4. The highest BCUT2D eigenvalue weighted by molar-refractivity contribution is 8.00. The summed E-state index contributed by atoms with van der Waals surface area (Å²) in [5.74, 6) is -1.62. The van der Waals surface area contributed by atoms with Crippen molar-refractivity contribution < 1.29 is 33.8 Å². The van der Waals surface area contributed by atoms with Crippen LogP contribution < -0.4 is 20.7 Å². The number of thiophene rings is 1. The van der Waals surface area contributed by atoms with Crippen LogP contribution in [0.25, 0.3) is 17.2 Å². The van der Waals surface area contributed by atoms with Crippen molar-refractivity contribution in [2.24, 2.45) is 0 Å². The fourth-order valence-corrected chi connectivity index (χ4v) is 7.10. The Labute approximate surface area is 309 Å². The van der Waals surface area contributed by atoms with Crippen molar-refractivity contribution in [2.45, 2.75) is 30.4 Å². The lowest BCUT2D eigenvalue weighted by atomic mass is 10.0. The molecule has 4 aromatic carbocycles. The fraction of sp³-hybridized carbons (Fsp3) is 0.150. The molecule has 5 aromatic rings. The second-order valence-corrected chi connectivity index (χ2v) is 13.4. The Bertz CT molecular complexity index is 2080. The summed E-state index contributed by atoms with van der Waals surface area (Å²) < 4.78 is 10.7. The van der Waals surface area contributed by atoms with Crippen LogP contribution in [0.3, 0.4) is 0 Å². The quantitative estimate of drug-likeness (QED) is 0.0508. The lowest BCUT2D eigenvalue weighted by Crippen LogP contribution is -2.30. The molecule has 0 aliphatic heterocycles. The molecule has 12 heteroatoms. The number of esters is 1. The molecule has 0 aliphatic carbocycles. The van der Waals surface area contributed by atoms with E-state index in [1.807, 2.05) is 48.7 Å². The Hall–Kier alpha value is -5.85. The third-order valence-electron chi connectivity index (χ3n) is 7.67. The van der Waals surface area contributed by atoms with Gasteiger partial charge >= 0.3 is 5.97 Å². The third-order valence-corrected chi connectivity index (χ3v) is 9.92. The van der Waals surface area contributed by atoms with Crippen LogP contribution in [0.15, 0.2) is 119 Å². The molecular formula is C40H37N3O7S2. The Balaban J connectivity index is 1.35. The zero-order valence-corrected chi connectivity index (χ0v) is 30.3. The van der Waals surface area contributed by atoms with Crippen molar-refractivity contribution >= 4 is 63.6 Å². The Kier molecular flexibility index (Phi) is 12.9. The van der Waals surface area contributed by atoms with E-state index in [0.717, 1.165) is 5.56 Å². The van der Waals surface area contributed by atoms with Crippen LogP contribution in [-0.2, 0) is 14.3 Å². The second kappa shape index (κ2) is 17.9. The van der Waals surface area contributed by atoms with Gasteiger partial charge in [0.25, 0.3) is 11.8 Å². The topological polar surface area (TPSA) is 143 Å². The zero-order valence-electron chi connectivity index (χ0n) is 28.7. The molecular weight excluding hydrogens is 699 g/mol. The van der Waals surface area contributed by atoms with Gasteiger partial charge in [0.2, 0.25) is 5.91 Å². The van der Waals surface area contributed by atoms with Gasteiger partial charge in [0.15, 0.2) is 0 Å². The number of amides is 3. The lowest BCUT2D eigenvalue weighted by Gasteiger charge is -2.16.